The fourth-order valence-electron chi connectivity index (χ4n) is 2.68. The quantitative estimate of drug-likeness (QED) is 0.361. The Morgan fingerprint density at radius 1 is 1.10 bits per heavy atom. The van der Waals surface area contributed by atoms with Crippen LogP contribution in [0.1, 0.15) is 5.56 Å². The van der Waals surface area contributed by atoms with Gasteiger partial charge in [-0.1, -0.05) is 12.1 Å². The van der Waals surface area contributed by atoms with Crippen LogP contribution in [0.15, 0.2) is 41.4 Å². The van der Waals surface area contributed by atoms with E-state index in [1.807, 2.05) is 24.4 Å². The number of nitrogens with zero attached hydrogens (tertiary/aromatic N) is 3. The Balaban J connectivity index is 0. The van der Waals surface area contributed by atoms with Crippen molar-refractivity contribution < 1.29 is 10.6 Å². The van der Waals surface area contributed by atoms with Gasteiger partial charge in [0.25, 0.3) is 0 Å². The summed E-state index contributed by atoms with van der Waals surface area (Å²) in [6.07, 6.45) is 3.91. The van der Waals surface area contributed by atoms with Crippen LogP contribution in [0.4, 0.5) is 0 Å². The van der Waals surface area contributed by atoms with Gasteiger partial charge in [-0.05, 0) is 42.6 Å². The lowest BCUT2D eigenvalue weighted by molar-refractivity contribution is 0.294. The van der Waals surface area contributed by atoms with Crippen LogP contribution < -0.4 is 5.32 Å². The summed E-state index contributed by atoms with van der Waals surface area (Å²) in [5.41, 5.74) is 4.18. The highest BCUT2D eigenvalue weighted by Gasteiger charge is 2.16. The molecule has 0 saturated carbocycles. The topological polar surface area (TPSA) is 94.5 Å². The van der Waals surface area contributed by atoms with Crippen LogP contribution >= 0.6 is 60.9 Å². The Morgan fingerprint density at radius 3 is 2.52 bits per heavy atom. The third-order valence-corrected chi connectivity index (χ3v) is 5.79. The average Bonchev–Trinajstić information content (AvgIpc) is 3.01. The van der Waals surface area contributed by atoms with Crippen LogP contribution in [0.2, 0.25) is 0 Å². The number of fused-ring (bicyclic) bond motifs is 1. The van der Waals surface area contributed by atoms with Gasteiger partial charge in [0.1, 0.15) is 5.69 Å². The summed E-state index contributed by atoms with van der Waals surface area (Å²) in [7, 11) is 0. The zero-order valence-electron chi connectivity index (χ0n) is 16.1. The number of nitrogens with one attached hydrogen (secondary N) is 1. The summed E-state index contributed by atoms with van der Waals surface area (Å²) < 4.78 is 2.14. The van der Waals surface area contributed by atoms with Crippen molar-refractivity contribution >= 4 is 72.0 Å². The van der Waals surface area contributed by atoms with E-state index < -0.39 is 0 Å². The maximum Gasteiger partial charge on any atom is 0.170 e. The minimum atomic E-state index is 0. The third kappa shape index (κ3) is 7.18. The second-order valence-electron chi connectivity index (χ2n) is 5.51. The number of aromatic nitrogens is 3. The van der Waals surface area contributed by atoms with E-state index in [1.54, 1.807) is 23.7 Å². The second-order valence-corrected chi connectivity index (χ2v) is 7.37. The molecule has 29 heavy (non-hydrogen) atoms. The summed E-state index contributed by atoms with van der Waals surface area (Å²) in [4.78, 5) is 10.6. The van der Waals surface area contributed by atoms with E-state index in [0.29, 0.717) is 6.54 Å². The molecule has 0 fully saturated rings. The van der Waals surface area contributed by atoms with Crippen molar-refractivity contribution in [2.75, 3.05) is 31.7 Å². The normalized spacial score (nSPS) is 9.76. The van der Waals surface area contributed by atoms with E-state index in [9.17, 15) is 0 Å². The molecule has 11 heteroatoms. The first-order valence-electron chi connectivity index (χ1n) is 8.18. The highest BCUT2D eigenvalue weighted by Crippen LogP contribution is 2.32. The van der Waals surface area contributed by atoms with Crippen molar-refractivity contribution in [3.8, 4) is 11.5 Å². The van der Waals surface area contributed by atoms with Crippen molar-refractivity contribution in [3.63, 3.8) is 0 Å². The predicted molar refractivity (Wildman–Crippen MR) is 133 cm³/mol. The molecule has 0 aliphatic rings. The molecule has 0 atom stereocenters. The van der Waals surface area contributed by atoms with Crippen LogP contribution in [-0.2, 0) is 0 Å². The molecule has 3 rings (SSSR count). The smallest absolute Gasteiger partial charge is 0.170 e. The van der Waals surface area contributed by atoms with E-state index in [-0.39, 0.29) is 49.3 Å². The van der Waals surface area contributed by atoms with Crippen LogP contribution in [0, 0.1) is 6.92 Å². The minimum absolute atomic E-state index is 0. The molecule has 2 heterocycles. The van der Waals surface area contributed by atoms with Gasteiger partial charge in [-0.25, -0.2) is 4.98 Å². The number of imidazole rings is 1. The summed E-state index contributed by atoms with van der Waals surface area (Å²) >= 11 is 3.44. The molecular weight excluding hydrogens is 475 g/mol. The fraction of sp³-hybridized carbons (Fsp3) is 0.333. The lowest BCUT2D eigenvalue weighted by Gasteiger charge is -2.11. The second kappa shape index (κ2) is 15.1. The number of halogens is 3. The lowest BCUT2D eigenvalue weighted by Crippen LogP contribution is -2.20. The van der Waals surface area contributed by atoms with Gasteiger partial charge in [-0.2, -0.15) is 0 Å². The molecular formula is C18H27Cl3N4O2S2. The molecule has 6 nitrogen and oxygen atoms in total. The van der Waals surface area contributed by atoms with E-state index in [1.165, 1.54) is 4.90 Å². The van der Waals surface area contributed by atoms with Gasteiger partial charge in [0, 0.05) is 36.2 Å². The van der Waals surface area contributed by atoms with E-state index in [4.69, 9.17) is 10.1 Å². The zero-order chi connectivity index (χ0) is 17.6. The summed E-state index contributed by atoms with van der Waals surface area (Å²) in [6.45, 7) is 3.79. The summed E-state index contributed by atoms with van der Waals surface area (Å²) in [6, 6.07) is 10.2. The first-order valence-corrected chi connectivity index (χ1v) is 10.3. The van der Waals surface area contributed by atoms with Gasteiger partial charge in [0.15, 0.2) is 5.82 Å². The van der Waals surface area contributed by atoms with Crippen molar-refractivity contribution in [2.24, 2.45) is 0 Å². The number of hydrogen-bond donors (Lipinski definition) is 2. The molecule has 0 aliphatic heterocycles. The molecule has 0 aliphatic carbocycles. The Kier molecular flexibility index (Phi) is 15.9. The largest absolute Gasteiger partial charge is 0.412 e. The first-order chi connectivity index (χ1) is 12.3. The number of para-hydroxylation sites is 2. The maximum absolute atomic E-state index is 8.81. The predicted octanol–water partition coefficient (Wildman–Crippen LogP) is 3.65. The molecule has 164 valence electrons. The third-order valence-electron chi connectivity index (χ3n) is 3.89. The molecule has 3 aromatic rings. The highest BCUT2D eigenvalue weighted by atomic mass is 35.5. The molecule has 4 N–H and O–H groups in total. The maximum atomic E-state index is 8.81. The summed E-state index contributed by atoms with van der Waals surface area (Å²) in [5.74, 6) is 1.84. The number of hydrogen-bond acceptors (Lipinski definition) is 6. The van der Waals surface area contributed by atoms with Crippen LogP contribution in [0.5, 0.6) is 0 Å². The van der Waals surface area contributed by atoms with Gasteiger partial charge in [0.2, 0.25) is 0 Å². The molecule has 0 spiro atoms. The molecule has 0 amide bonds. The number of thioether (sulfide) groups is 1. The van der Waals surface area contributed by atoms with Gasteiger partial charge in [0.05, 0.1) is 17.6 Å². The van der Waals surface area contributed by atoms with Crippen LogP contribution in [-0.4, -0.2) is 56.2 Å². The van der Waals surface area contributed by atoms with Crippen molar-refractivity contribution in [1.82, 2.24) is 19.3 Å². The summed E-state index contributed by atoms with van der Waals surface area (Å²) in [5, 5.41) is 12.0. The number of aliphatic hydroxyl groups is 1. The lowest BCUT2D eigenvalue weighted by atomic mass is 10.2. The van der Waals surface area contributed by atoms with E-state index in [2.05, 4.69) is 39.6 Å². The van der Waals surface area contributed by atoms with E-state index >= 15 is 0 Å². The zero-order valence-corrected chi connectivity index (χ0v) is 20.2. The number of aliphatic hydroxyl groups excluding tert-OH is 1. The standard InChI is InChI=1S/C18H22N4OS2.3ClH.H2O/c1-13-16(25-12-10-19-9-11-23)7-8-20-17(13)18-21-14-5-3-4-6-15(14)22(18)24-2;;;;/h3-8,19,23H,9-12H2,1-2H3;3*1H;1H2. The molecule has 1 aromatic carbocycles. The van der Waals surface area contributed by atoms with Crippen molar-refractivity contribution in [3.05, 3.63) is 42.1 Å². The first kappa shape index (κ1) is 30.5. The molecule has 2 aromatic heterocycles. The fourth-order valence-corrected chi connectivity index (χ4v) is 4.26. The Hall–Kier alpha value is -0.710. The molecule has 0 bridgehead atoms. The van der Waals surface area contributed by atoms with Crippen molar-refractivity contribution in [2.45, 2.75) is 11.8 Å². The number of benzene rings is 1. The SMILES string of the molecule is CSn1c(-c2nccc(SCCNCCO)c2C)nc2ccccc21.Cl.Cl.Cl.O. The number of pyridine rings is 1. The monoisotopic (exact) mass is 500 g/mol. The van der Waals surface area contributed by atoms with E-state index in [0.717, 1.165) is 40.4 Å². The van der Waals surface area contributed by atoms with Gasteiger partial charge < -0.3 is 15.9 Å². The Labute approximate surface area is 198 Å². The van der Waals surface area contributed by atoms with Crippen LogP contribution in [0.25, 0.3) is 22.6 Å². The molecule has 0 saturated heterocycles. The van der Waals surface area contributed by atoms with Crippen molar-refractivity contribution in [1.29, 1.82) is 0 Å². The van der Waals surface area contributed by atoms with Gasteiger partial charge >= 0.3 is 0 Å². The Morgan fingerprint density at radius 2 is 1.83 bits per heavy atom. The molecule has 0 radical (unpaired) electrons. The average molecular weight is 502 g/mol. The minimum Gasteiger partial charge on any atom is -0.412 e. The highest BCUT2D eigenvalue weighted by molar-refractivity contribution is 7.99. The van der Waals surface area contributed by atoms with Gasteiger partial charge in [-0.3, -0.25) is 8.96 Å². The number of rotatable bonds is 8. The van der Waals surface area contributed by atoms with Crippen LogP contribution in [0.3, 0.4) is 0 Å². The molecule has 0 unspecified atom stereocenters. The van der Waals surface area contributed by atoms with Gasteiger partial charge in [-0.15, -0.1) is 49.0 Å². The Bertz CT molecular complexity index is 868.